The first-order chi connectivity index (χ1) is 13.8. The summed E-state index contributed by atoms with van der Waals surface area (Å²) in [6.45, 7) is 4.66. The SMILES string of the molecule is Cc1ncc(C(=O)N2CCC[C@@](COc3ccc(F)cc3)(CC(N)=O)C2)c(C)n1. The summed E-state index contributed by atoms with van der Waals surface area (Å²) < 4.78 is 19.0. The van der Waals surface area contributed by atoms with E-state index in [-0.39, 0.29) is 24.8 Å². The summed E-state index contributed by atoms with van der Waals surface area (Å²) in [5, 5.41) is 0. The second kappa shape index (κ2) is 8.55. The van der Waals surface area contributed by atoms with Gasteiger partial charge in [-0.15, -0.1) is 0 Å². The maximum atomic E-state index is 13.1. The zero-order valence-corrected chi connectivity index (χ0v) is 16.7. The number of aryl methyl sites for hydroxylation is 2. The highest BCUT2D eigenvalue weighted by Gasteiger charge is 2.40. The van der Waals surface area contributed by atoms with Crippen molar-refractivity contribution < 1.29 is 18.7 Å². The lowest BCUT2D eigenvalue weighted by atomic mass is 9.77. The molecule has 0 aliphatic carbocycles. The topological polar surface area (TPSA) is 98.4 Å². The molecule has 2 aromatic rings. The number of likely N-dealkylation sites (tertiary alicyclic amines) is 1. The van der Waals surface area contributed by atoms with Crippen molar-refractivity contribution in [3.63, 3.8) is 0 Å². The van der Waals surface area contributed by atoms with E-state index in [1.165, 1.54) is 24.3 Å². The van der Waals surface area contributed by atoms with Crippen molar-refractivity contribution in [2.75, 3.05) is 19.7 Å². The zero-order valence-electron chi connectivity index (χ0n) is 16.7. The average molecular weight is 400 g/mol. The number of hydrogen-bond donors (Lipinski definition) is 1. The number of hydrogen-bond acceptors (Lipinski definition) is 5. The van der Waals surface area contributed by atoms with Gasteiger partial charge in [-0.1, -0.05) is 0 Å². The van der Waals surface area contributed by atoms with Crippen LogP contribution in [0.15, 0.2) is 30.5 Å². The number of carbonyl (C=O) groups is 2. The normalized spacial score (nSPS) is 19.1. The van der Waals surface area contributed by atoms with E-state index in [0.29, 0.717) is 42.3 Å². The molecule has 2 heterocycles. The fourth-order valence-electron chi connectivity index (χ4n) is 3.79. The molecule has 0 saturated carbocycles. The van der Waals surface area contributed by atoms with Crippen LogP contribution in [0.25, 0.3) is 0 Å². The minimum atomic E-state index is -0.604. The molecule has 8 heteroatoms. The van der Waals surface area contributed by atoms with Gasteiger partial charge in [-0.25, -0.2) is 14.4 Å². The molecule has 29 heavy (non-hydrogen) atoms. The van der Waals surface area contributed by atoms with E-state index in [9.17, 15) is 14.0 Å². The molecular formula is C21H25FN4O3. The van der Waals surface area contributed by atoms with Crippen LogP contribution in [0.2, 0.25) is 0 Å². The number of ether oxygens (including phenoxy) is 1. The van der Waals surface area contributed by atoms with E-state index in [1.54, 1.807) is 24.9 Å². The number of amides is 2. The Labute approximate surface area is 169 Å². The molecule has 154 valence electrons. The number of primary amides is 1. The molecule has 2 N–H and O–H groups in total. The lowest BCUT2D eigenvalue weighted by Crippen LogP contribution is -2.50. The van der Waals surface area contributed by atoms with E-state index in [0.717, 1.165) is 6.42 Å². The van der Waals surface area contributed by atoms with Gasteiger partial charge >= 0.3 is 0 Å². The minimum Gasteiger partial charge on any atom is -0.493 e. The predicted octanol–water partition coefficient (Wildman–Crippen LogP) is 2.41. The molecule has 1 aromatic carbocycles. The highest BCUT2D eigenvalue weighted by molar-refractivity contribution is 5.95. The van der Waals surface area contributed by atoms with Crippen molar-refractivity contribution in [1.29, 1.82) is 0 Å². The molecule has 0 bridgehead atoms. The predicted molar refractivity (Wildman–Crippen MR) is 105 cm³/mol. The van der Waals surface area contributed by atoms with Gasteiger partial charge in [0.05, 0.1) is 17.9 Å². The van der Waals surface area contributed by atoms with E-state index in [2.05, 4.69) is 9.97 Å². The number of carbonyl (C=O) groups excluding carboxylic acids is 2. The second-order valence-corrected chi connectivity index (χ2v) is 7.63. The van der Waals surface area contributed by atoms with Crippen LogP contribution in [-0.4, -0.2) is 46.4 Å². The van der Waals surface area contributed by atoms with Crippen molar-refractivity contribution in [1.82, 2.24) is 14.9 Å². The van der Waals surface area contributed by atoms with Gasteiger partial charge in [0.15, 0.2) is 0 Å². The van der Waals surface area contributed by atoms with Gasteiger partial charge in [-0.05, 0) is 51.0 Å². The Bertz CT molecular complexity index is 903. The molecule has 0 unspecified atom stereocenters. The van der Waals surface area contributed by atoms with Crippen LogP contribution in [0.3, 0.4) is 0 Å². The Morgan fingerprint density at radius 3 is 2.66 bits per heavy atom. The van der Waals surface area contributed by atoms with Gasteiger partial charge in [0, 0.05) is 31.1 Å². The number of halogens is 1. The van der Waals surface area contributed by atoms with E-state index < -0.39 is 11.3 Å². The molecule has 1 aliphatic rings. The number of rotatable bonds is 6. The molecule has 1 atom stereocenters. The fourth-order valence-corrected chi connectivity index (χ4v) is 3.79. The Kier molecular flexibility index (Phi) is 6.10. The van der Waals surface area contributed by atoms with Crippen LogP contribution in [0, 0.1) is 25.1 Å². The lowest BCUT2D eigenvalue weighted by Gasteiger charge is -2.42. The summed E-state index contributed by atoms with van der Waals surface area (Å²) in [7, 11) is 0. The molecule has 0 radical (unpaired) electrons. The summed E-state index contributed by atoms with van der Waals surface area (Å²) in [6.07, 6.45) is 3.06. The van der Waals surface area contributed by atoms with Gasteiger partial charge in [0.25, 0.3) is 5.91 Å². The van der Waals surface area contributed by atoms with Crippen LogP contribution in [0.5, 0.6) is 5.75 Å². The molecule has 1 fully saturated rings. The third kappa shape index (κ3) is 5.07. The molecular weight excluding hydrogens is 375 g/mol. The van der Waals surface area contributed by atoms with E-state index in [1.807, 2.05) is 0 Å². The quantitative estimate of drug-likeness (QED) is 0.803. The van der Waals surface area contributed by atoms with Gasteiger partial charge in [-0.3, -0.25) is 9.59 Å². The summed E-state index contributed by atoms with van der Waals surface area (Å²) in [4.78, 5) is 34.9. The number of benzene rings is 1. The van der Waals surface area contributed by atoms with Crippen molar-refractivity contribution in [3.05, 3.63) is 53.4 Å². The smallest absolute Gasteiger partial charge is 0.257 e. The van der Waals surface area contributed by atoms with Crippen molar-refractivity contribution in [3.8, 4) is 5.75 Å². The first-order valence-corrected chi connectivity index (χ1v) is 9.54. The highest BCUT2D eigenvalue weighted by Crippen LogP contribution is 2.35. The molecule has 1 saturated heterocycles. The summed E-state index contributed by atoms with van der Waals surface area (Å²) in [6, 6.07) is 5.69. The summed E-state index contributed by atoms with van der Waals surface area (Å²) >= 11 is 0. The van der Waals surface area contributed by atoms with Crippen molar-refractivity contribution >= 4 is 11.8 Å². The molecule has 2 amide bonds. The monoisotopic (exact) mass is 400 g/mol. The maximum Gasteiger partial charge on any atom is 0.257 e. The summed E-state index contributed by atoms with van der Waals surface area (Å²) in [5.74, 6) is 0.138. The van der Waals surface area contributed by atoms with Crippen LogP contribution in [0.1, 0.15) is 41.1 Å². The van der Waals surface area contributed by atoms with Crippen LogP contribution in [0.4, 0.5) is 4.39 Å². The van der Waals surface area contributed by atoms with Gasteiger partial charge in [-0.2, -0.15) is 0 Å². The Morgan fingerprint density at radius 2 is 2.00 bits per heavy atom. The minimum absolute atomic E-state index is 0.0986. The van der Waals surface area contributed by atoms with Crippen molar-refractivity contribution in [2.24, 2.45) is 11.1 Å². The van der Waals surface area contributed by atoms with Crippen LogP contribution in [-0.2, 0) is 4.79 Å². The Balaban J connectivity index is 1.78. The maximum absolute atomic E-state index is 13.1. The highest BCUT2D eigenvalue weighted by atomic mass is 19.1. The lowest BCUT2D eigenvalue weighted by molar-refractivity contribution is -0.122. The Hall–Kier alpha value is -3.03. The van der Waals surface area contributed by atoms with Gasteiger partial charge < -0.3 is 15.4 Å². The van der Waals surface area contributed by atoms with E-state index >= 15 is 0 Å². The first-order valence-electron chi connectivity index (χ1n) is 9.54. The molecule has 0 spiro atoms. The largest absolute Gasteiger partial charge is 0.493 e. The fraction of sp³-hybridized carbons (Fsp3) is 0.429. The number of nitrogens with zero attached hydrogens (tertiary/aromatic N) is 3. The van der Waals surface area contributed by atoms with Crippen LogP contribution < -0.4 is 10.5 Å². The number of aromatic nitrogens is 2. The number of nitrogens with two attached hydrogens (primary N) is 1. The molecule has 1 aromatic heterocycles. The van der Waals surface area contributed by atoms with Crippen molar-refractivity contribution in [2.45, 2.75) is 33.1 Å². The zero-order chi connectivity index (χ0) is 21.0. The molecule has 3 rings (SSSR count). The number of piperidine rings is 1. The van der Waals surface area contributed by atoms with Crippen LogP contribution >= 0.6 is 0 Å². The van der Waals surface area contributed by atoms with Gasteiger partial charge in [0.2, 0.25) is 5.91 Å². The standard InChI is InChI=1S/C21H25FN4O3/c1-14-18(11-24-15(2)25-14)20(28)26-9-3-8-21(12-26,10-19(23)27)13-29-17-6-4-16(22)5-7-17/h4-7,11H,3,8-10,12-13H2,1-2H3,(H2,23,27)/t21-/m1/s1. The third-order valence-corrected chi connectivity index (χ3v) is 5.19. The average Bonchev–Trinajstić information content (AvgIpc) is 2.67. The molecule has 7 nitrogen and oxygen atoms in total. The second-order valence-electron chi connectivity index (χ2n) is 7.63. The third-order valence-electron chi connectivity index (χ3n) is 5.19. The Morgan fingerprint density at radius 1 is 1.28 bits per heavy atom. The summed E-state index contributed by atoms with van der Waals surface area (Å²) in [5.41, 5.74) is 5.97. The van der Waals surface area contributed by atoms with E-state index in [4.69, 9.17) is 10.5 Å². The molecule has 1 aliphatic heterocycles. The first kappa shape index (κ1) is 20.7. The van der Waals surface area contributed by atoms with Gasteiger partial charge in [0.1, 0.15) is 17.4 Å².